The van der Waals surface area contributed by atoms with E-state index >= 15 is 0 Å². The zero-order valence-corrected chi connectivity index (χ0v) is 8.13. The summed E-state index contributed by atoms with van der Waals surface area (Å²) in [5.74, 6) is 0. The van der Waals surface area contributed by atoms with Crippen LogP contribution in [0.4, 0.5) is 0 Å². The average molecular weight is 194 g/mol. The van der Waals surface area contributed by atoms with Crippen molar-refractivity contribution >= 4 is 0 Å². The van der Waals surface area contributed by atoms with Crippen molar-refractivity contribution in [2.24, 2.45) is 5.29 Å². The normalized spacial score (nSPS) is 12.1. The molecule has 0 radical (unpaired) electrons. The number of benzene rings is 1. The van der Waals surface area contributed by atoms with Crippen molar-refractivity contribution in [1.82, 2.24) is 5.01 Å². The van der Waals surface area contributed by atoms with Crippen LogP contribution in [0.25, 0.3) is 0 Å². The molecule has 0 saturated carbocycles. The van der Waals surface area contributed by atoms with Gasteiger partial charge in [0.1, 0.15) is 0 Å². The highest BCUT2D eigenvalue weighted by atomic mass is 16.3. The largest absolute Gasteiger partial charge is 0.396 e. The summed E-state index contributed by atoms with van der Waals surface area (Å²) in [6, 6.07) is 9.41. The zero-order valence-electron chi connectivity index (χ0n) is 8.13. The van der Waals surface area contributed by atoms with E-state index in [1.54, 1.807) is 7.05 Å². The van der Waals surface area contributed by atoms with Crippen molar-refractivity contribution in [1.29, 1.82) is 0 Å². The van der Waals surface area contributed by atoms with E-state index in [0.717, 1.165) is 5.56 Å². The number of hydrogen-bond donors (Lipinski definition) is 1. The highest BCUT2D eigenvalue weighted by Crippen LogP contribution is 2.22. The highest BCUT2D eigenvalue weighted by Gasteiger charge is 2.15. The van der Waals surface area contributed by atoms with Crippen LogP contribution in [0.1, 0.15) is 18.0 Å². The van der Waals surface area contributed by atoms with E-state index in [1.807, 2.05) is 30.3 Å². The third-order valence-electron chi connectivity index (χ3n) is 2.17. The maximum atomic E-state index is 10.4. The van der Waals surface area contributed by atoms with Crippen molar-refractivity contribution < 1.29 is 5.11 Å². The van der Waals surface area contributed by atoms with E-state index in [9.17, 15) is 4.91 Å². The first kappa shape index (κ1) is 10.7. The molecule has 0 fully saturated rings. The lowest BCUT2D eigenvalue weighted by molar-refractivity contribution is 0.189. The standard InChI is InChI=1S/C10H14N2O2/c1-12(11-14)10(7-8-13)9-5-3-2-4-6-9/h2-6,10,13H,7-8H2,1H3/t10-/m0/s1. The molecule has 0 aromatic heterocycles. The van der Waals surface area contributed by atoms with E-state index in [4.69, 9.17) is 5.11 Å². The summed E-state index contributed by atoms with van der Waals surface area (Å²) in [4.78, 5) is 10.4. The number of rotatable bonds is 5. The second-order valence-corrected chi connectivity index (χ2v) is 3.09. The SMILES string of the molecule is CN(N=O)[C@@H](CCO)c1ccccc1. The molecule has 1 aromatic carbocycles. The molecule has 1 rings (SSSR count). The molecule has 0 saturated heterocycles. The Morgan fingerprint density at radius 3 is 2.57 bits per heavy atom. The monoisotopic (exact) mass is 194 g/mol. The minimum absolute atomic E-state index is 0.0411. The molecule has 76 valence electrons. The Balaban J connectivity index is 2.82. The van der Waals surface area contributed by atoms with Gasteiger partial charge in [0, 0.05) is 13.7 Å². The summed E-state index contributed by atoms with van der Waals surface area (Å²) in [6.07, 6.45) is 0.506. The minimum atomic E-state index is -0.140. The lowest BCUT2D eigenvalue weighted by atomic mass is 10.0. The summed E-state index contributed by atoms with van der Waals surface area (Å²) in [5, 5.41) is 13.1. The fourth-order valence-corrected chi connectivity index (χ4v) is 1.42. The molecule has 0 bridgehead atoms. The minimum Gasteiger partial charge on any atom is -0.396 e. The van der Waals surface area contributed by atoms with Gasteiger partial charge >= 0.3 is 0 Å². The average Bonchev–Trinajstić information content (AvgIpc) is 2.26. The molecule has 1 N–H and O–H groups in total. The molecular formula is C10H14N2O2. The summed E-state index contributed by atoms with van der Waals surface area (Å²) in [5.41, 5.74) is 0.989. The van der Waals surface area contributed by atoms with Crippen molar-refractivity contribution in [3.05, 3.63) is 40.8 Å². The van der Waals surface area contributed by atoms with Crippen molar-refractivity contribution in [2.75, 3.05) is 13.7 Å². The van der Waals surface area contributed by atoms with Gasteiger partial charge < -0.3 is 5.11 Å². The van der Waals surface area contributed by atoms with E-state index in [-0.39, 0.29) is 12.6 Å². The Morgan fingerprint density at radius 2 is 2.07 bits per heavy atom. The first-order chi connectivity index (χ1) is 6.79. The van der Waals surface area contributed by atoms with Gasteiger partial charge in [0.05, 0.1) is 11.3 Å². The van der Waals surface area contributed by atoms with Gasteiger partial charge in [0.25, 0.3) is 0 Å². The lowest BCUT2D eigenvalue weighted by Gasteiger charge is -2.22. The fourth-order valence-electron chi connectivity index (χ4n) is 1.42. The van der Waals surface area contributed by atoms with Gasteiger partial charge in [-0.2, -0.15) is 0 Å². The van der Waals surface area contributed by atoms with Crippen LogP contribution in [-0.4, -0.2) is 23.8 Å². The number of nitrogens with zero attached hydrogens (tertiary/aromatic N) is 2. The van der Waals surface area contributed by atoms with Crippen molar-refractivity contribution in [3.63, 3.8) is 0 Å². The maximum absolute atomic E-state index is 10.4. The predicted octanol–water partition coefficient (Wildman–Crippen LogP) is 1.72. The predicted molar refractivity (Wildman–Crippen MR) is 54.4 cm³/mol. The summed E-state index contributed by atoms with van der Waals surface area (Å²) < 4.78 is 0. The van der Waals surface area contributed by atoms with Gasteiger partial charge in [0.15, 0.2) is 0 Å². The van der Waals surface area contributed by atoms with Gasteiger partial charge in [-0.3, -0.25) is 5.01 Å². The topological polar surface area (TPSA) is 52.9 Å². The molecule has 0 unspecified atom stereocenters. The van der Waals surface area contributed by atoms with Crippen LogP contribution in [0, 0.1) is 4.91 Å². The molecule has 14 heavy (non-hydrogen) atoms. The van der Waals surface area contributed by atoms with Crippen LogP contribution in [0.5, 0.6) is 0 Å². The van der Waals surface area contributed by atoms with E-state index in [0.29, 0.717) is 6.42 Å². The fraction of sp³-hybridized carbons (Fsp3) is 0.400. The molecule has 4 heteroatoms. The number of aliphatic hydroxyl groups excluding tert-OH is 1. The Bertz CT molecular complexity index is 277. The molecule has 1 atom stereocenters. The van der Waals surface area contributed by atoms with Crippen LogP contribution in [0.3, 0.4) is 0 Å². The Hall–Kier alpha value is -1.42. The first-order valence-corrected chi connectivity index (χ1v) is 4.51. The van der Waals surface area contributed by atoms with Gasteiger partial charge in [-0.05, 0) is 12.0 Å². The quantitative estimate of drug-likeness (QED) is 0.573. The molecule has 0 aliphatic heterocycles. The molecule has 0 spiro atoms. The van der Waals surface area contributed by atoms with Crippen LogP contribution in [0.15, 0.2) is 35.6 Å². The van der Waals surface area contributed by atoms with Crippen molar-refractivity contribution in [3.8, 4) is 0 Å². The third-order valence-corrected chi connectivity index (χ3v) is 2.17. The van der Waals surface area contributed by atoms with Crippen LogP contribution >= 0.6 is 0 Å². The third kappa shape index (κ3) is 2.53. The molecule has 0 heterocycles. The van der Waals surface area contributed by atoms with Gasteiger partial charge in [-0.25, -0.2) is 0 Å². The number of nitroso groups, excluding NO2 is 1. The van der Waals surface area contributed by atoms with Crippen LogP contribution in [0.2, 0.25) is 0 Å². The van der Waals surface area contributed by atoms with Crippen LogP contribution in [-0.2, 0) is 0 Å². The van der Waals surface area contributed by atoms with E-state index in [2.05, 4.69) is 5.29 Å². The molecule has 0 aliphatic rings. The Morgan fingerprint density at radius 1 is 1.43 bits per heavy atom. The summed E-state index contributed by atoms with van der Waals surface area (Å²) in [6.45, 7) is 0.0411. The Kier molecular flexibility index (Phi) is 4.07. The first-order valence-electron chi connectivity index (χ1n) is 4.51. The van der Waals surface area contributed by atoms with Crippen LogP contribution < -0.4 is 0 Å². The lowest BCUT2D eigenvalue weighted by Crippen LogP contribution is -2.19. The molecule has 1 aromatic rings. The molecule has 0 aliphatic carbocycles. The number of aliphatic hydroxyl groups is 1. The second-order valence-electron chi connectivity index (χ2n) is 3.09. The van der Waals surface area contributed by atoms with Gasteiger partial charge in [0.2, 0.25) is 0 Å². The summed E-state index contributed by atoms with van der Waals surface area (Å²) >= 11 is 0. The number of hydrogen-bond acceptors (Lipinski definition) is 3. The Labute approximate surface area is 83.1 Å². The van der Waals surface area contributed by atoms with E-state index in [1.165, 1.54) is 5.01 Å². The maximum Gasteiger partial charge on any atom is 0.0770 e. The zero-order chi connectivity index (χ0) is 10.4. The van der Waals surface area contributed by atoms with E-state index < -0.39 is 0 Å². The smallest absolute Gasteiger partial charge is 0.0770 e. The van der Waals surface area contributed by atoms with Gasteiger partial charge in [-0.15, -0.1) is 4.91 Å². The van der Waals surface area contributed by atoms with Gasteiger partial charge in [-0.1, -0.05) is 30.3 Å². The molecule has 0 amide bonds. The molecule has 4 nitrogen and oxygen atoms in total. The van der Waals surface area contributed by atoms with Crippen molar-refractivity contribution in [2.45, 2.75) is 12.5 Å². The summed E-state index contributed by atoms with van der Waals surface area (Å²) in [7, 11) is 1.61. The highest BCUT2D eigenvalue weighted by molar-refractivity contribution is 5.18. The second kappa shape index (κ2) is 5.34. The molecular weight excluding hydrogens is 180 g/mol.